The van der Waals surface area contributed by atoms with E-state index in [2.05, 4.69) is 12.6 Å². The molecule has 1 aliphatic rings. The fraction of sp³-hybridized carbons (Fsp3) is 0.357. The van der Waals surface area contributed by atoms with Gasteiger partial charge in [-0.05, 0) is 55.4 Å². The van der Waals surface area contributed by atoms with Crippen LogP contribution >= 0.6 is 0 Å². The van der Waals surface area contributed by atoms with Gasteiger partial charge in [-0.15, -0.1) is 0 Å². The van der Waals surface area contributed by atoms with E-state index in [-0.39, 0.29) is 5.78 Å². The monoisotopic (exact) mass is 200 g/mol. The fourth-order valence-corrected chi connectivity index (χ4v) is 2.12. The molecular formula is C14H16O. The number of fused-ring (bicyclic) bond motifs is 1. The molecule has 0 fully saturated rings. The zero-order chi connectivity index (χ0) is 10.8. The summed E-state index contributed by atoms with van der Waals surface area (Å²) < 4.78 is 0. The van der Waals surface area contributed by atoms with E-state index in [1.165, 1.54) is 24.0 Å². The summed E-state index contributed by atoms with van der Waals surface area (Å²) in [6, 6.07) is 6.08. The van der Waals surface area contributed by atoms with E-state index in [9.17, 15) is 4.79 Å². The number of aryl methyl sites for hydroxylation is 2. The lowest BCUT2D eigenvalue weighted by molar-refractivity contribution is 0.103. The van der Waals surface area contributed by atoms with Crippen molar-refractivity contribution in [2.45, 2.75) is 32.6 Å². The Kier molecular flexibility index (Phi) is 2.72. The average molecular weight is 200 g/mol. The Morgan fingerprint density at radius 1 is 1.20 bits per heavy atom. The van der Waals surface area contributed by atoms with Gasteiger partial charge in [0.25, 0.3) is 0 Å². The molecule has 0 bridgehead atoms. The number of hydrogen-bond donors (Lipinski definition) is 0. The van der Waals surface area contributed by atoms with Gasteiger partial charge in [-0.3, -0.25) is 4.79 Å². The second kappa shape index (κ2) is 4.01. The Bertz CT molecular complexity index is 415. The highest BCUT2D eigenvalue weighted by atomic mass is 16.1. The van der Waals surface area contributed by atoms with Crippen LogP contribution in [-0.2, 0) is 12.8 Å². The first kappa shape index (κ1) is 10.2. The second-order valence-electron chi connectivity index (χ2n) is 4.30. The lowest BCUT2D eigenvalue weighted by Gasteiger charge is -2.16. The summed E-state index contributed by atoms with van der Waals surface area (Å²) in [4.78, 5) is 11.7. The fourth-order valence-electron chi connectivity index (χ4n) is 2.12. The predicted molar refractivity (Wildman–Crippen MR) is 62.2 cm³/mol. The van der Waals surface area contributed by atoms with Crippen LogP contribution in [0.1, 0.15) is 41.3 Å². The smallest absolute Gasteiger partial charge is 0.188 e. The van der Waals surface area contributed by atoms with Crippen LogP contribution in [0.15, 0.2) is 30.4 Å². The first-order valence-electron chi connectivity index (χ1n) is 5.50. The number of allylic oxidation sites excluding steroid dienone is 1. The largest absolute Gasteiger partial charge is 0.289 e. The zero-order valence-electron chi connectivity index (χ0n) is 9.18. The summed E-state index contributed by atoms with van der Waals surface area (Å²) in [5.74, 6) is 0.0726. The van der Waals surface area contributed by atoms with Crippen molar-refractivity contribution < 1.29 is 4.79 Å². The van der Waals surface area contributed by atoms with E-state index in [1.807, 2.05) is 12.1 Å². The van der Waals surface area contributed by atoms with Crippen LogP contribution < -0.4 is 0 Å². The maximum absolute atomic E-state index is 11.7. The SMILES string of the molecule is C=C(C)C(=O)c1ccc2c(c1)CCCC2. The molecule has 0 aliphatic heterocycles. The van der Waals surface area contributed by atoms with Crippen molar-refractivity contribution in [3.8, 4) is 0 Å². The van der Waals surface area contributed by atoms with Gasteiger partial charge in [0.15, 0.2) is 5.78 Å². The number of hydrogen-bond acceptors (Lipinski definition) is 1. The number of carbonyl (C=O) groups is 1. The lowest BCUT2D eigenvalue weighted by Crippen LogP contribution is -2.06. The normalized spacial score (nSPS) is 14.5. The third kappa shape index (κ3) is 2.01. The van der Waals surface area contributed by atoms with E-state index >= 15 is 0 Å². The van der Waals surface area contributed by atoms with E-state index in [1.54, 1.807) is 6.92 Å². The van der Waals surface area contributed by atoms with Crippen molar-refractivity contribution in [2.75, 3.05) is 0 Å². The van der Waals surface area contributed by atoms with Gasteiger partial charge in [0, 0.05) is 5.56 Å². The van der Waals surface area contributed by atoms with Crippen molar-refractivity contribution in [1.29, 1.82) is 0 Å². The lowest BCUT2D eigenvalue weighted by atomic mass is 9.89. The molecule has 1 heteroatoms. The van der Waals surface area contributed by atoms with Crippen LogP contribution in [0, 0.1) is 0 Å². The molecule has 0 amide bonds. The average Bonchev–Trinajstić information content (AvgIpc) is 2.27. The van der Waals surface area contributed by atoms with Gasteiger partial charge in [-0.25, -0.2) is 0 Å². The third-order valence-corrected chi connectivity index (χ3v) is 3.00. The summed E-state index contributed by atoms with van der Waals surface area (Å²) >= 11 is 0. The van der Waals surface area contributed by atoms with Crippen LogP contribution in [-0.4, -0.2) is 5.78 Å². The molecule has 0 heterocycles. The minimum absolute atomic E-state index is 0.0726. The highest BCUT2D eigenvalue weighted by molar-refractivity contribution is 6.08. The Balaban J connectivity index is 2.36. The maximum Gasteiger partial charge on any atom is 0.188 e. The molecule has 0 N–H and O–H groups in total. The predicted octanol–water partition coefficient (Wildman–Crippen LogP) is 3.32. The first-order valence-corrected chi connectivity index (χ1v) is 5.50. The van der Waals surface area contributed by atoms with Crippen molar-refractivity contribution in [1.82, 2.24) is 0 Å². The molecule has 0 spiro atoms. The van der Waals surface area contributed by atoms with Crippen molar-refractivity contribution >= 4 is 5.78 Å². The van der Waals surface area contributed by atoms with E-state index in [0.717, 1.165) is 18.4 Å². The van der Waals surface area contributed by atoms with E-state index in [0.29, 0.717) is 5.57 Å². The molecule has 78 valence electrons. The Hall–Kier alpha value is -1.37. The Morgan fingerprint density at radius 2 is 1.87 bits per heavy atom. The van der Waals surface area contributed by atoms with Gasteiger partial charge in [-0.1, -0.05) is 18.7 Å². The molecule has 1 aromatic rings. The van der Waals surface area contributed by atoms with Gasteiger partial charge < -0.3 is 0 Å². The number of carbonyl (C=O) groups excluding carboxylic acids is 1. The summed E-state index contributed by atoms with van der Waals surface area (Å²) in [5.41, 5.74) is 4.18. The molecule has 0 saturated heterocycles. The number of ketones is 1. The standard InChI is InChI=1S/C14H16O/c1-10(2)14(15)13-8-7-11-5-3-4-6-12(11)9-13/h7-9H,1,3-6H2,2H3. The highest BCUT2D eigenvalue weighted by Crippen LogP contribution is 2.23. The van der Waals surface area contributed by atoms with Gasteiger partial charge in [0.1, 0.15) is 0 Å². The Labute approximate surface area is 90.8 Å². The molecule has 1 aromatic carbocycles. The van der Waals surface area contributed by atoms with Gasteiger partial charge in [0.05, 0.1) is 0 Å². The molecule has 0 aromatic heterocycles. The van der Waals surface area contributed by atoms with Crippen LogP contribution in [0.3, 0.4) is 0 Å². The van der Waals surface area contributed by atoms with Crippen LogP contribution in [0.4, 0.5) is 0 Å². The number of benzene rings is 1. The number of rotatable bonds is 2. The number of Topliss-reactive ketones (excluding diaryl/α,β-unsaturated/α-hetero) is 1. The molecule has 1 aliphatic carbocycles. The molecule has 15 heavy (non-hydrogen) atoms. The van der Waals surface area contributed by atoms with Gasteiger partial charge in [0.2, 0.25) is 0 Å². The first-order chi connectivity index (χ1) is 7.18. The van der Waals surface area contributed by atoms with Crippen LogP contribution in [0.5, 0.6) is 0 Å². The summed E-state index contributed by atoms with van der Waals surface area (Å²) in [6.07, 6.45) is 4.81. The minimum atomic E-state index is 0.0726. The van der Waals surface area contributed by atoms with Crippen molar-refractivity contribution in [3.05, 3.63) is 47.0 Å². The third-order valence-electron chi connectivity index (χ3n) is 3.00. The summed E-state index contributed by atoms with van der Waals surface area (Å²) in [7, 11) is 0. The molecule has 0 unspecified atom stereocenters. The van der Waals surface area contributed by atoms with Gasteiger partial charge in [-0.2, -0.15) is 0 Å². The Morgan fingerprint density at radius 3 is 2.53 bits per heavy atom. The van der Waals surface area contributed by atoms with E-state index in [4.69, 9.17) is 0 Å². The zero-order valence-corrected chi connectivity index (χ0v) is 9.18. The quantitative estimate of drug-likeness (QED) is 0.528. The van der Waals surface area contributed by atoms with Gasteiger partial charge >= 0.3 is 0 Å². The maximum atomic E-state index is 11.7. The topological polar surface area (TPSA) is 17.1 Å². The van der Waals surface area contributed by atoms with Crippen molar-refractivity contribution in [2.24, 2.45) is 0 Å². The van der Waals surface area contributed by atoms with Crippen molar-refractivity contribution in [3.63, 3.8) is 0 Å². The highest BCUT2D eigenvalue weighted by Gasteiger charge is 2.12. The molecule has 0 radical (unpaired) electrons. The van der Waals surface area contributed by atoms with E-state index < -0.39 is 0 Å². The molecule has 1 nitrogen and oxygen atoms in total. The second-order valence-corrected chi connectivity index (χ2v) is 4.30. The van der Waals surface area contributed by atoms with Crippen LogP contribution in [0.25, 0.3) is 0 Å². The molecule has 0 atom stereocenters. The summed E-state index contributed by atoms with van der Waals surface area (Å²) in [5, 5.41) is 0. The molecule has 2 rings (SSSR count). The summed E-state index contributed by atoms with van der Waals surface area (Å²) in [6.45, 7) is 5.46. The molecule has 0 saturated carbocycles. The minimum Gasteiger partial charge on any atom is -0.289 e. The molecular weight excluding hydrogens is 184 g/mol. The van der Waals surface area contributed by atoms with Crippen LogP contribution in [0.2, 0.25) is 0 Å².